The van der Waals surface area contributed by atoms with Crippen molar-refractivity contribution < 1.29 is 22.7 Å². The summed E-state index contributed by atoms with van der Waals surface area (Å²) in [6.07, 6.45) is 1.05. The number of ether oxygens (including phenoxy) is 1. The van der Waals surface area contributed by atoms with E-state index in [1.165, 1.54) is 4.90 Å². The molecule has 0 fully saturated rings. The van der Waals surface area contributed by atoms with Gasteiger partial charge in [0.1, 0.15) is 18.3 Å². The number of halogens is 1. The number of nitrogens with one attached hydrogen (secondary N) is 1. The number of carbonyl (C=O) groups excluding carboxylic acids is 2. The van der Waals surface area contributed by atoms with Crippen LogP contribution in [0.3, 0.4) is 0 Å². The molecule has 0 aliphatic rings. The van der Waals surface area contributed by atoms with Crippen LogP contribution in [-0.2, 0) is 26.2 Å². The Balaban J connectivity index is 2.38. The van der Waals surface area contributed by atoms with Gasteiger partial charge in [-0.1, -0.05) is 12.1 Å². The Morgan fingerprint density at radius 2 is 1.81 bits per heavy atom. The minimum absolute atomic E-state index is 0.124. The lowest BCUT2D eigenvalue weighted by Crippen LogP contribution is -2.51. The van der Waals surface area contributed by atoms with E-state index >= 15 is 0 Å². The number of likely N-dealkylation sites (N-methyl/N-ethyl adjacent to an activating group) is 1. The van der Waals surface area contributed by atoms with Crippen molar-refractivity contribution in [2.75, 3.05) is 30.8 Å². The van der Waals surface area contributed by atoms with Crippen molar-refractivity contribution in [1.29, 1.82) is 0 Å². The Labute approximate surface area is 203 Å². The summed E-state index contributed by atoms with van der Waals surface area (Å²) in [6, 6.07) is 13.2. The highest BCUT2D eigenvalue weighted by molar-refractivity contribution is 14.1. The van der Waals surface area contributed by atoms with E-state index in [9.17, 15) is 18.0 Å². The maximum absolute atomic E-state index is 13.4. The zero-order valence-electron chi connectivity index (χ0n) is 18.5. The standard InChI is InChI=1S/C22H28IN3O5S/c1-5-24-22(28)16(2)25(14-17-7-6-8-20(13-17)31-3)21(27)15-26(32(4,29)30)19-11-9-18(23)10-12-19/h6-13,16H,5,14-15H2,1-4H3,(H,24,28). The summed E-state index contributed by atoms with van der Waals surface area (Å²) < 4.78 is 32.2. The number of amides is 2. The fourth-order valence-electron chi connectivity index (χ4n) is 3.09. The highest BCUT2D eigenvalue weighted by Gasteiger charge is 2.29. The Bertz CT molecular complexity index is 1040. The van der Waals surface area contributed by atoms with E-state index in [1.807, 2.05) is 6.07 Å². The highest BCUT2D eigenvalue weighted by Crippen LogP contribution is 2.21. The van der Waals surface area contributed by atoms with E-state index in [-0.39, 0.29) is 12.5 Å². The Hall–Kier alpha value is -2.34. The van der Waals surface area contributed by atoms with Crippen LogP contribution in [0.4, 0.5) is 5.69 Å². The van der Waals surface area contributed by atoms with Gasteiger partial charge in [-0.15, -0.1) is 0 Å². The molecule has 0 bridgehead atoms. The lowest BCUT2D eigenvalue weighted by Gasteiger charge is -2.31. The summed E-state index contributed by atoms with van der Waals surface area (Å²) in [5, 5.41) is 2.72. The number of rotatable bonds is 10. The monoisotopic (exact) mass is 573 g/mol. The number of nitrogens with zero attached hydrogens (tertiary/aromatic N) is 2. The summed E-state index contributed by atoms with van der Waals surface area (Å²) in [5.41, 5.74) is 1.14. The molecule has 1 atom stereocenters. The van der Waals surface area contributed by atoms with Crippen LogP contribution in [0, 0.1) is 3.57 Å². The lowest BCUT2D eigenvalue weighted by molar-refractivity contribution is -0.139. The molecule has 2 rings (SSSR count). The number of methoxy groups -OCH3 is 1. The second-order valence-electron chi connectivity index (χ2n) is 7.19. The molecule has 0 spiro atoms. The molecule has 0 aliphatic carbocycles. The molecule has 174 valence electrons. The van der Waals surface area contributed by atoms with Gasteiger partial charge >= 0.3 is 0 Å². The quantitative estimate of drug-likeness (QED) is 0.441. The average Bonchev–Trinajstić information content (AvgIpc) is 2.75. The maximum Gasteiger partial charge on any atom is 0.244 e. The molecule has 32 heavy (non-hydrogen) atoms. The first kappa shape index (κ1) is 25.9. The van der Waals surface area contributed by atoms with Crippen LogP contribution < -0.4 is 14.4 Å². The van der Waals surface area contributed by atoms with Crippen molar-refractivity contribution in [3.8, 4) is 5.75 Å². The van der Waals surface area contributed by atoms with Gasteiger partial charge in [0, 0.05) is 16.7 Å². The second kappa shape index (κ2) is 11.5. The number of carbonyl (C=O) groups is 2. The molecular formula is C22H28IN3O5S. The number of hydrogen-bond acceptors (Lipinski definition) is 5. The number of hydrogen-bond donors (Lipinski definition) is 1. The minimum Gasteiger partial charge on any atom is -0.497 e. The van der Waals surface area contributed by atoms with Crippen molar-refractivity contribution in [2.45, 2.75) is 26.4 Å². The Morgan fingerprint density at radius 1 is 1.16 bits per heavy atom. The van der Waals surface area contributed by atoms with Crippen LogP contribution in [-0.4, -0.2) is 57.6 Å². The van der Waals surface area contributed by atoms with Gasteiger partial charge in [0.15, 0.2) is 0 Å². The molecule has 1 unspecified atom stereocenters. The van der Waals surface area contributed by atoms with Crippen LogP contribution in [0.2, 0.25) is 0 Å². The number of sulfonamides is 1. The molecule has 0 saturated heterocycles. The third-order valence-corrected chi connectivity index (χ3v) is 6.66. The molecule has 2 aromatic rings. The summed E-state index contributed by atoms with van der Waals surface area (Å²) in [7, 11) is -2.19. The molecular weight excluding hydrogens is 545 g/mol. The van der Waals surface area contributed by atoms with Crippen molar-refractivity contribution in [3.05, 3.63) is 57.7 Å². The molecule has 2 aromatic carbocycles. The van der Waals surface area contributed by atoms with Crippen molar-refractivity contribution >= 4 is 50.1 Å². The van der Waals surface area contributed by atoms with Gasteiger partial charge in [-0.3, -0.25) is 13.9 Å². The van der Waals surface area contributed by atoms with E-state index in [2.05, 4.69) is 27.9 Å². The first-order valence-corrected chi connectivity index (χ1v) is 12.9. The van der Waals surface area contributed by atoms with Crippen molar-refractivity contribution in [3.63, 3.8) is 0 Å². The topological polar surface area (TPSA) is 96.0 Å². The minimum atomic E-state index is -3.74. The molecule has 0 radical (unpaired) electrons. The number of anilines is 1. The van der Waals surface area contributed by atoms with Crippen LogP contribution in [0.1, 0.15) is 19.4 Å². The second-order valence-corrected chi connectivity index (χ2v) is 10.3. The highest BCUT2D eigenvalue weighted by atomic mass is 127. The molecule has 10 heteroatoms. The lowest BCUT2D eigenvalue weighted by atomic mass is 10.1. The van der Waals surface area contributed by atoms with Gasteiger partial charge in [0.25, 0.3) is 0 Å². The van der Waals surface area contributed by atoms with Gasteiger partial charge in [0.2, 0.25) is 21.8 Å². The summed E-state index contributed by atoms with van der Waals surface area (Å²) in [4.78, 5) is 27.3. The van der Waals surface area contributed by atoms with Crippen LogP contribution >= 0.6 is 22.6 Å². The number of benzene rings is 2. The van der Waals surface area contributed by atoms with E-state index in [1.54, 1.807) is 63.4 Å². The Morgan fingerprint density at radius 3 is 2.38 bits per heavy atom. The average molecular weight is 573 g/mol. The third-order valence-electron chi connectivity index (χ3n) is 4.80. The normalized spacial score (nSPS) is 12.0. The SMILES string of the molecule is CCNC(=O)C(C)N(Cc1cccc(OC)c1)C(=O)CN(c1ccc(I)cc1)S(C)(=O)=O. The zero-order chi connectivity index (χ0) is 23.9. The zero-order valence-corrected chi connectivity index (χ0v) is 21.5. The van der Waals surface area contributed by atoms with E-state index in [4.69, 9.17) is 4.74 Å². The fourth-order valence-corrected chi connectivity index (χ4v) is 4.30. The molecule has 0 heterocycles. The smallest absolute Gasteiger partial charge is 0.244 e. The molecule has 0 aliphatic heterocycles. The predicted molar refractivity (Wildman–Crippen MR) is 133 cm³/mol. The summed E-state index contributed by atoms with van der Waals surface area (Å²) in [6.45, 7) is 3.54. The molecule has 2 amide bonds. The van der Waals surface area contributed by atoms with Gasteiger partial charge in [-0.25, -0.2) is 8.42 Å². The van der Waals surface area contributed by atoms with E-state index in [0.717, 1.165) is 19.7 Å². The van der Waals surface area contributed by atoms with Gasteiger partial charge in [0.05, 0.1) is 19.1 Å². The first-order valence-electron chi connectivity index (χ1n) is 10.00. The molecule has 0 aromatic heterocycles. The molecule has 8 nitrogen and oxygen atoms in total. The van der Waals surface area contributed by atoms with E-state index in [0.29, 0.717) is 18.0 Å². The molecule has 1 N–H and O–H groups in total. The van der Waals surface area contributed by atoms with Gasteiger partial charge in [-0.2, -0.15) is 0 Å². The van der Waals surface area contributed by atoms with Gasteiger partial charge < -0.3 is 15.0 Å². The Kier molecular flexibility index (Phi) is 9.32. The van der Waals surface area contributed by atoms with Crippen molar-refractivity contribution in [2.24, 2.45) is 0 Å². The largest absolute Gasteiger partial charge is 0.497 e. The van der Waals surface area contributed by atoms with Crippen LogP contribution in [0.25, 0.3) is 0 Å². The van der Waals surface area contributed by atoms with E-state index < -0.39 is 28.5 Å². The van der Waals surface area contributed by atoms with Crippen molar-refractivity contribution in [1.82, 2.24) is 10.2 Å². The maximum atomic E-state index is 13.4. The fraction of sp³-hybridized carbons (Fsp3) is 0.364. The summed E-state index contributed by atoms with van der Waals surface area (Å²) in [5.74, 6) is -0.184. The van der Waals surface area contributed by atoms with Crippen LogP contribution in [0.5, 0.6) is 5.75 Å². The van der Waals surface area contributed by atoms with Gasteiger partial charge in [-0.05, 0) is 78.4 Å². The van der Waals surface area contributed by atoms with Crippen LogP contribution in [0.15, 0.2) is 48.5 Å². The summed E-state index contributed by atoms with van der Waals surface area (Å²) >= 11 is 2.12. The molecule has 0 saturated carbocycles. The third kappa shape index (κ3) is 7.09. The predicted octanol–water partition coefficient (Wildman–Crippen LogP) is 2.62. The first-order chi connectivity index (χ1) is 15.1.